The Labute approximate surface area is 189 Å². The molecule has 0 fully saturated rings. The van der Waals surface area contributed by atoms with E-state index in [4.69, 9.17) is 4.42 Å². The minimum atomic E-state index is -3.32. The molecule has 10 heteroatoms. The number of hydrogen-bond acceptors (Lipinski definition) is 7. The Morgan fingerprint density at radius 2 is 1.94 bits per heavy atom. The lowest BCUT2D eigenvalue weighted by Gasteiger charge is -2.06. The van der Waals surface area contributed by atoms with Gasteiger partial charge in [-0.15, -0.1) is 0 Å². The van der Waals surface area contributed by atoms with E-state index in [9.17, 15) is 13.2 Å². The lowest BCUT2D eigenvalue weighted by atomic mass is 10.1. The number of sulfone groups is 1. The normalized spacial score (nSPS) is 11.8. The van der Waals surface area contributed by atoms with E-state index < -0.39 is 9.84 Å². The van der Waals surface area contributed by atoms with Crippen molar-refractivity contribution in [1.82, 2.24) is 24.7 Å². The maximum Gasteiger partial charge on any atom is 0.254 e. The Hall–Kier alpha value is -4.05. The number of hydrogen-bond donors (Lipinski definition) is 1. The standard InChI is InChI=1S/C23H19N5O4S/c1-2-33(30,31)18-7-8-19-20(11-18)32-22(27-19)16-5-3-15(4-6-16)12-25-21(29)17-13-26-23-24-9-10-28(23)14-17/h3-11,13-14H,2,12H2,1H3,(H,25,29). The molecule has 0 saturated carbocycles. The van der Waals surface area contributed by atoms with Crippen molar-refractivity contribution in [2.45, 2.75) is 18.4 Å². The van der Waals surface area contributed by atoms with Crippen LogP contribution in [-0.4, -0.2) is 39.4 Å². The van der Waals surface area contributed by atoms with Gasteiger partial charge in [0.15, 0.2) is 15.4 Å². The van der Waals surface area contributed by atoms with Crippen LogP contribution < -0.4 is 5.32 Å². The van der Waals surface area contributed by atoms with Gasteiger partial charge in [0.05, 0.1) is 16.2 Å². The van der Waals surface area contributed by atoms with E-state index in [0.29, 0.717) is 34.9 Å². The molecule has 33 heavy (non-hydrogen) atoms. The average Bonchev–Trinajstić information content (AvgIpc) is 3.48. The van der Waals surface area contributed by atoms with Gasteiger partial charge in [0, 0.05) is 43.0 Å². The number of carbonyl (C=O) groups excluding carboxylic acids is 1. The van der Waals surface area contributed by atoms with Gasteiger partial charge in [-0.3, -0.25) is 9.20 Å². The summed E-state index contributed by atoms with van der Waals surface area (Å²) in [7, 11) is -3.32. The van der Waals surface area contributed by atoms with Crippen molar-refractivity contribution in [3.05, 3.63) is 78.4 Å². The molecule has 3 heterocycles. The van der Waals surface area contributed by atoms with Gasteiger partial charge in [-0.2, -0.15) is 0 Å². The number of nitrogens with zero attached hydrogens (tertiary/aromatic N) is 4. The fourth-order valence-corrected chi connectivity index (χ4v) is 4.27. The third kappa shape index (κ3) is 4.08. The number of aromatic nitrogens is 4. The molecule has 0 bridgehead atoms. The van der Waals surface area contributed by atoms with Crippen LogP contribution in [0.2, 0.25) is 0 Å². The monoisotopic (exact) mass is 461 g/mol. The molecule has 0 aliphatic heterocycles. The summed E-state index contributed by atoms with van der Waals surface area (Å²) < 4.78 is 31.7. The minimum absolute atomic E-state index is 0.0200. The number of oxazole rings is 1. The van der Waals surface area contributed by atoms with Gasteiger partial charge in [-0.1, -0.05) is 19.1 Å². The summed E-state index contributed by atoms with van der Waals surface area (Å²) in [6, 6.07) is 12.1. The van der Waals surface area contributed by atoms with Gasteiger partial charge < -0.3 is 9.73 Å². The van der Waals surface area contributed by atoms with Crippen molar-refractivity contribution >= 4 is 32.6 Å². The van der Waals surface area contributed by atoms with Crippen LogP contribution in [0.25, 0.3) is 28.3 Å². The molecule has 0 aliphatic rings. The van der Waals surface area contributed by atoms with Crippen LogP contribution in [-0.2, 0) is 16.4 Å². The SMILES string of the molecule is CCS(=O)(=O)c1ccc2nc(-c3ccc(CNC(=O)c4cnc5nccn5c4)cc3)oc2c1. The highest BCUT2D eigenvalue weighted by Crippen LogP contribution is 2.26. The smallest absolute Gasteiger partial charge is 0.254 e. The molecule has 1 amide bonds. The molecule has 9 nitrogen and oxygen atoms in total. The molecule has 5 aromatic rings. The third-order valence-corrected chi connectivity index (χ3v) is 6.99. The van der Waals surface area contributed by atoms with E-state index in [-0.39, 0.29) is 16.6 Å². The third-order valence-electron chi connectivity index (χ3n) is 5.26. The second kappa shape index (κ2) is 8.14. The Bertz CT molecular complexity index is 1590. The van der Waals surface area contributed by atoms with Crippen LogP contribution in [0.4, 0.5) is 0 Å². The molecule has 0 radical (unpaired) electrons. The number of carbonyl (C=O) groups is 1. The maximum atomic E-state index is 12.4. The summed E-state index contributed by atoms with van der Waals surface area (Å²) in [5.41, 5.74) is 3.08. The molecule has 0 atom stereocenters. The second-order valence-electron chi connectivity index (χ2n) is 7.41. The number of imidazole rings is 1. The fraction of sp³-hybridized carbons (Fsp3) is 0.130. The van der Waals surface area contributed by atoms with E-state index in [1.54, 1.807) is 42.0 Å². The largest absolute Gasteiger partial charge is 0.436 e. The lowest BCUT2D eigenvalue weighted by molar-refractivity contribution is 0.0950. The van der Waals surface area contributed by atoms with Gasteiger partial charge in [-0.25, -0.2) is 23.4 Å². The maximum absolute atomic E-state index is 12.4. The first kappa shape index (κ1) is 20.8. The summed E-state index contributed by atoms with van der Waals surface area (Å²) >= 11 is 0. The van der Waals surface area contributed by atoms with Gasteiger partial charge in [0.25, 0.3) is 5.91 Å². The second-order valence-corrected chi connectivity index (χ2v) is 9.69. The molecule has 0 aliphatic carbocycles. The van der Waals surface area contributed by atoms with Crippen LogP contribution >= 0.6 is 0 Å². The van der Waals surface area contributed by atoms with Gasteiger partial charge in [0.1, 0.15) is 5.52 Å². The number of nitrogens with one attached hydrogen (secondary N) is 1. The Balaban J connectivity index is 1.29. The predicted molar refractivity (Wildman–Crippen MR) is 121 cm³/mol. The molecular weight excluding hydrogens is 442 g/mol. The van der Waals surface area contributed by atoms with Crippen molar-refractivity contribution < 1.29 is 17.6 Å². The zero-order valence-electron chi connectivity index (χ0n) is 17.6. The van der Waals surface area contributed by atoms with Crippen LogP contribution in [0, 0.1) is 0 Å². The molecule has 3 aromatic heterocycles. The first-order chi connectivity index (χ1) is 15.9. The summed E-state index contributed by atoms with van der Waals surface area (Å²) in [4.78, 5) is 25.3. The van der Waals surface area contributed by atoms with Crippen LogP contribution in [0.1, 0.15) is 22.8 Å². The molecular formula is C23H19N5O4S. The van der Waals surface area contributed by atoms with E-state index in [2.05, 4.69) is 20.3 Å². The van der Waals surface area contributed by atoms with E-state index in [1.165, 1.54) is 12.3 Å². The van der Waals surface area contributed by atoms with E-state index >= 15 is 0 Å². The van der Waals surface area contributed by atoms with Gasteiger partial charge in [-0.05, 0) is 29.8 Å². The minimum Gasteiger partial charge on any atom is -0.436 e. The molecule has 2 aromatic carbocycles. The number of fused-ring (bicyclic) bond motifs is 2. The topological polar surface area (TPSA) is 119 Å². The van der Waals surface area contributed by atoms with Crippen molar-refractivity contribution in [3.8, 4) is 11.5 Å². The zero-order valence-corrected chi connectivity index (χ0v) is 18.4. The molecule has 1 N–H and O–H groups in total. The highest BCUT2D eigenvalue weighted by Gasteiger charge is 2.15. The Morgan fingerprint density at radius 1 is 1.12 bits per heavy atom. The van der Waals surface area contributed by atoms with E-state index in [1.807, 2.05) is 24.3 Å². The first-order valence-electron chi connectivity index (χ1n) is 10.2. The highest BCUT2D eigenvalue weighted by molar-refractivity contribution is 7.91. The Kier molecular flexibility index (Phi) is 5.14. The number of rotatable bonds is 6. The van der Waals surface area contributed by atoms with Crippen molar-refractivity contribution in [3.63, 3.8) is 0 Å². The molecule has 5 rings (SSSR count). The van der Waals surface area contributed by atoms with Gasteiger partial charge >= 0.3 is 0 Å². The molecule has 0 unspecified atom stereocenters. The summed E-state index contributed by atoms with van der Waals surface area (Å²) in [5, 5.41) is 2.87. The number of benzene rings is 2. The Morgan fingerprint density at radius 3 is 2.73 bits per heavy atom. The van der Waals surface area contributed by atoms with E-state index in [0.717, 1.165) is 11.1 Å². The summed E-state index contributed by atoms with van der Waals surface area (Å²) in [6.07, 6.45) is 6.52. The molecule has 0 saturated heterocycles. The molecule has 166 valence electrons. The van der Waals surface area contributed by atoms with Crippen LogP contribution in [0.15, 0.2) is 76.6 Å². The average molecular weight is 462 g/mol. The van der Waals surface area contributed by atoms with Crippen molar-refractivity contribution in [2.75, 3.05) is 5.75 Å². The van der Waals surface area contributed by atoms with Crippen molar-refractivity contribution in [2.24, 2.45) is 0 Å². The fourth-order valence-electron chi connectivity index (χ4n) is 3.37. The molecule has 0 spiro atoms. The highest BCUT2D eigenvalue weighted by atomic mass is 32.2. The lowest BCUT2D eigenvalue weighted by Crippen LogP contribution is -2.23. The zero-order chi connectivity index (χ0) is 23.0. The first-order valence-corrected chi connectivity index (χ1v) is 11.9. The quantitative estimate of drug-likeness (QED) is 0.412. The van der Waals surface area contributed by atoms with Gasteiger partial charge in [0.2, 0.25) is 11.7 Å². The predicted octanol–water partition coefficient (Wildman–Crippen LogP) is 3.26. The number of amides is 1. The van der Waals surface area contributed by atoms with Crippen molar-refractivity contribution in [1.29, 1.82) is 0 Å². The van der Waals surface area contributed by atoms with Crippen LogP contribution in [0.5, 0.6) is 0 Å². The summed E-state index contributed by atoms with van der Waals surface area (Å²) in [5.74, 6) is 0.710. The summed E-state index contributed by atoms with van der Waals surface area (Å²) in [6.45, 7) is 1.94. The van der Waals surface area contributed by atoms with Crippen LogP contribution in [0.3, 0.4) is 0 Å².